The van der Waals surface area contributed by atoms with Gasteiger partial charge in [-0.3, -0.25) is 4.90 Å². The van der Waals surface area contributed by atoms with Crippen LogP contribution in [0.3, 0.4) is 0 Å². The molecule has 35 heavy (non-hydrogen) atoms. The molecule has 0 amide bonds. The molecule has 5 aromatic rings. The number of aromatic amines is 1. The lowest BCUT2D eigenvalue weighted by atomic mass is 9.70. The smallest absolute Gasteiger partial charge is 0.0459 e. The zero-order valence-corrected chi connectivity index (χ0v) is 20.9. The maximum absolute atomic E-state index is 3.87. The van der Waals surface area contributed by atoms with Crippen LogP contribution < -0.4 is 0 Å². The summed E-state index contributed by atoms with van der Waals surface area (Å²) in [6, 6.07) is 28.7. The lowest BCUT2D eigenvalue weighted by Gasteiger charge is -2.45. The van der Waals surface area contributed by atoms with E-state index in [1.54, 1.807) is 0 Å². The van der Waals surface area contributed by atoms with Crippen LogP contribution in [-0.4, -0.2) is 28.5 Å². The number of nitrogens with zero attached hydrogens (tertiary/aromatic N) is 2. The number of aryl methyl sites for hydroxylation is 2. The highest BCUT2D eigenvalue weighted by Gasteiger charge is 2.39. The molecule has 3 heteroatoms. The Hall–Kier alpha value is -3.30. The number of rotatable bonds is 6. The third-order valence-electron chi connectivity index (χ3n) is 8.46. The van der Waals surface area contributed by atoms with Gasteiger partial charge in [0.2, 0.25) is 0 Å². The number of aromatic nitrogens is 2. The molecule has 0 saturated heterocycles. The molecule has 6 rings (SSSR count). The Morgan fingerprint density at radius 1 is 0.829 bits per heavy atom. The highest BCUT2D eigenvalue weighted by Crippen LogP contribution is 2.47. The van der Waals surface area contributed by atoms with Crippen LogP contribution in [-0.2, 0) is 18.5 Å². The maximum atomic E-state index is 3.87. The minimum absolute atomic E-state index is 0.134. The number of hydrogen-bond donors (Lipinski definition) is 1. The van der Waals surface area contributed by atoms with Crippen LogP contribution in [0.15, 0.2) is 91.3 Å². The molecule has 0 unspecified atom stereocenters. The van der Waals surface area contributed by atoms with Gasteiger partial charge in [-0.25, -0.2) is 0 Å². The van der Waals surface area contributed by atoms with Gasteiger partial charge in [-0.15, -0.1) is 0 Å². The largest absolute Gasteiger partial charge is 0.358 e. The summed E-state index contributed by atoms with van der Waals surface area (Å²) in [7, 11) is 4.51. The molecule has 2 heterocycles. The number of hydrogen-bond acceptors (Lipinski definition) is 1. The van der Waals surface area contributed by atoms with Crippen molar-refractivity contribution in [2.75, 3.05) is 14.1 Å². The van der Waals surface area contributed by atoms with E-state index in [1.807, 2.05) is 0 Å². The third kappa shape index (κ3) is 3.98. The molecule has 1 aliphatic rings. The summed E-state index contributed by atoms with van der Waals surface area (Å²) in [6.07, 6.45) is 10.4. The van der Waals surface area contributed by atoms with Gasteiger partial charge >= 0.3 is 0 Å². The van der Waals surface area contributed by atoms with Crippen LogP contribution in [0.25, 0.3) is 21.7 Å². The van der Waals surface area contributed by atoms with Crippen LogP contribution in [0.4, 0.5) is 0 Å². The van der Waals surface area contributed by atoms with E-state index in [2.05, 4.69) is 120 Å². The van der Waals surface area contributed by atoms with Gasteiger partial charge in [-0.05, 0) is 80.1 Å². The normalized spacial score (nSPS) is 20.7. The van der Waals surface area contributed by atoms with Crippen LogP contribution in [0.5, 0.6) is 0 Å². The highest BCUT2D eigenvalue weighted by atomic mass is 15.1. The Morgan fingerprint density at radius 2 is 1.46 bits per heavy atom. The van der Waals surface area contributed by atoms with Gasteiger partial charge in [0.05, 0.1) is 0 Å². The molecular formula is C32H35N3. The summed E-state index contributed by atoms with van der Waals surface area (Å²) < 4.78 is 2.36. The topological polar surface area (TPSA) is 24.0 Å². The Bertz CT molecular complexity index is 1400. The first kappa shape index (κ1) is 22.2. The van der Waals surface area contributed by atoms with E-state index in [0.29, 0.717) is 5.92 Å². The molecular weight excluding hydrogens is 426 g/mol. The minimum Gasteiger partial charge on any atom is -0.358 e. The molecule has 1 saturated carbocycles. The predicted octanol–water partition coefficient (Wildman–Crippen LogP) is 7.48. The van der Waals surface area contributed by atoms with E-state index in [4.69, 9.17) is 0 Å². The number of fused-ring (bicyclic) bond motifs is 2. The van der Waals surface area contributed by atoms with Gasteiger partial charge in [-0.2, -0.15) is 0 Å². The Labute approximate surface area is 208 Å². The van der Waals surface area contributed by atoms with Crippen molar-refractivity contribution < 1.29 is 0 Å². The first-order valence-corrected chi connectivity index (χ1v) is 13.0. The molecule has 3 nitrogen and oxygen atoms in total. The third-order valence-corrected chi connectivity index (χ3v) is 8.46. The number of para-hydroxylation sites is 1. The van der Waals surface area contributed by atoms with Crippen molar-refractivity contribution in [1.82, 2.24) is 14.5 Å². The van der Waals surface area contributed by atoms with E-state index < -0.39 is 0 Å². The zero-order chi connectivity index (χ0) is 23.8. The Kier molecular flexibility index (Phi) is 5.74. The predicted molar refractivity (Wildman–Crippen MR) is 147 cm³/mol. The second-order valence-electron chi connectivity index (χ2n) is 10.5. The van der Waals surface area contributed by atoms with Crippen molar-refractivity contribution in [3.05, 3.63) is 108 Å². The molecule has 0 radical (unpaired) electrons. The molecule has 3 aromatic carbocycles. The maximum Gasteiger partial charge on any atom is 0.0459 e. The summed E-state index contributed by atoms with van der Waals surface area (Å²) in [6.45, 7) is 1.00. The molecule has 0 aliphatic heterocycles. The summed E-state index contributed by atoms with van der Waals surface area (Å²) in [5.74, 6) is 0.581. The Morgan fingerprint density at radius 3 is 2.14 bits per heavy atom. The van der Waals surface area contributed by atoms with Gasteiger partial charge in [0.1, 0.15) is 0 Å². The Balaban J connectivity index is 1.28. The van der Waals surface area contributed by atoms with Crippen molar-refractivity contribution in [1.29, 1.82) is 0 Å². The highest BCUT2D eigenvalue weighted by molar-refractivity contribution is 5.85. The van der Waals surface area contributed by atoms with E-state index in [-0.39, 0.29) is 5.54 Å². The van der Waals surface area contributed by atoms with Crippen LogP contribution in [0, 0.1) is 0 Å². The van der Waals surface area contributed by atoms with Crippen molar-refractivity contribution >= 4 is 21.7 Å². The molecule has 2 aromatic heterocycles. The number of benzene rings is 3. The average Bonchev–Trinajstić information content (AvgIpc) is 3.49. The molecule has 1 N–H and O–H groups in total. The fourth-order valence-corrected chi connectivity index (χ4v) is 6.48. The lowest BCUT2D eigenvalue weighted by Crippen LogP contribution is -2.44. The van der Waals surface area contributed by atoms with E-state index in [1.165, 1.54) is 64.2 Å². The number of H-pyrrole nitrogens is 1. The van der Waals surface area contributed by atoms with E-state index in [9.17, 15) is 0 Å². The van der Waals surface area contributed by atoms with Crippen LogP contribution >= 0.6 is 0 Å². The second-order valence-corrected chi connectivity index (χ2v) is 10.5. The van der Waals surface area contributed by atoms with Crippen LogP contribution in [0.2, 0.25) is 0 Å². The summed E-state index contributed by atoms with van der Waals surface area (Å²) >= 11 is 0. The molecule has 0 bridgehead atoms. The second kappa shape index (κ2) is 9.05. The van der Waals surface area contributed by atoms with Crippen molar-refractivity contribution in [3.63, 3.8) is 0 Å². The van der Waals surface area contributed by atoms with Gasteiger partial charge in [0, 0.05) is 41.1 Å². The lowest BCUT2D eigenvalue weighted by molar-refractivity contribution is 0.0903. The van der Waals surface area contributed by atoms with Crippen molar-refractivity contribution in [3.8, 4) is 0 Å². The minimum atomic E-state index is 0.134. The molecule has 0 spiro atoms. The SMILES string of the molecule is CN(C)C1(c2ccccc2)CCC(c2[nH]c3ccccc3c2CCn2cc3ccccc3c2)CC1. The van der Waals surface area contributed by atoms with E-state index >= 15 is 0 Å². The van der Waals surface area contributed by atoms with Gasteiger partial charge in [0.25, 0.3) is 0 Å². The molecule has 1 aliphatic carbocycles. The molecule has 178 valence electrons. The first-order chi connectivity index (χ1) is 17.1. The summed E-state index contributed by atoms with van der Waals surface area (Å²) in [4.78, 5) is 6.33. The summed E-state index contributed by atoms with van der Waals surface area (Å²) in [5.41, 5.74) is 5.86. The monoisotopic (exact) mass is 461 g/mol. The zero-order valence-electron chi connectivity index (χ0n) is 20.9. The van der Waals surface area contributed by atoms with Gasteiger partial charge in [0.15, 0.2) is 0 Å². The van der Waals surface area contributed by atoms with Crippen molar-refractivity contribution in [2.24, 2.45) is 0 Å². The number of nitrogens with one attached hydrogen (secondary N) is 1. The quantitative estimate of drug-likeness (QED) is 0.278. The van der Waals surface area contributed by atoms with Crippen LogP contribution in [0.1, 0.15) is 48.4 Å². The average molecular weight is 462 g/mol. The molecule has 0 atom stereocenters. The van der Waals surface area contributed by atoms with Crippen molar-refractivity contribution in [2.45, 2.75) is 50.1 Å². The fraction of sp³-hybridized carbons (Fsp3) is 0.312. The fourth-order valence-electron chi connectivity index (χ4n) is 6.48. The van der Waals surface area contributed by atoms with Gasteiger partial charge < -0.3 is 9.55 Å². The van der Waals surface area contributed by atoms with Gasteiger partial charge in [-0.1, -0.05) is 72.8 Å². The standard InChI is InChI=1S/C32H35N3/c1-34(2)32(27-12-4-3-5-13-27)19-16-24(17-20-32)31-29(28-14-8-9-15-30(28)33-31)18-21-35-22-25-10-6-7-11-26(25)23-35/h3-15,22-24,33H,16-21H2,1-2H3. The molecule has 1 fully saturated rings. The van der Waals surface area contributed by atoms with E-state index in [0.717, 1.165) is 13.0 Å². The summed E-state index contributed by atoms with van der Waals surface area (Å²) in [5, 5.41) is 4.03. The first-order valence-electron chi connectivity index (χ1n) is 13.0.